The minimum atomic E-state index is -5.96. The number of aliphatic hydroxyl groups excluding tert-OH is 1. The summed E-state index contributed by atoms with van der Waals surface area (Å²) in [4.78, 5) is 20.9. The van der Waals surface area contributed by atoms with Gasteiger partial charge >= 0.3 is 18.3 Å². The number of aromatic nitrogens is 1. The molecule has 4 rings (SSSR count). The van der Waals surface area contributed by atoms with Crippen molar-refractivity contribution in [1.82, 2.24) is 14.8 Å². The van der Waals surface area contributed by atoms with Crippen LogP contribution in [0.2, 0.25) is 0 Å². The Bertz CT molecular complexity index is 1300. The smallest absolute Gasteiger partial charge is 0.430 e. The van der Waals surface area contributed by atoms with Crippen LogP contribution in [0, 0.1) is 0 Å². The number of pyridine rings is 1. The van der Waals surface area contributed by atoms with E-state index in [0.29, 0.717) is 56.0 Å². The lowest BCUT2D eigenvalue weighted by Gasteiger charge is -2.40. The van der Waals surface area contributed by atoms with E-state index in [1.807, 2.05) is 17.0 Å². The summed E-state index contributed by atoms with van der Waals surface area (Å²) >= 11 is 0. The van der Waals surface area contributed by atoms with Gasteiger partial charge in [0, 0.05) is 50.7 Å². The molecular formula is C29H29F6N3O4. The summed E-state index contributed by atoms with van der Waals surface area (Å²) in [7, 11) is 0. The van der Waals surface area contributed by atoms with Gasteiger partial charge in [-0.15, -0.1) is 0 Å². The highest BCUT2D eigenvalue weighted by Crippen LogP contribution is 2.50. The molecule has 1 aliphatic heterocycles. The number of hydrogen-bond acceptors (Lipinski definition) is 7. The van der Waals surface area contributed by atoms with Gasteiger partial charge in [-0.3, -0.25) is 19.6 Å². The fourth-order valence-electron chi connectivity index (χ4n) is 4.85. The molecule has 0 radical (unpaired) electrons. The summed E-state index contributed by atoms with van der Waals surface area (Å²) in [5.74, 6) is -0.460. The summed E-state index contributed by atoms with van der Waals surface area (Å²) in [6, 6.07) is 13.4. The minimum absolute atomic E-state index is 0.121. The highest BCUT2D eigenvalue weighted by atomic mass is 19.4. The molecule has 2 N–H and O–H groups in total. The number of benzene rings is 2. The van der Waals surface area contributed by atoms with E-state index in [9.17, 15) is 36.2 Å². The third kappa shape index (κ3) is 6.92. The summed E-state index contributed by atoms with van der Waals surface area (Å²) in [6.07, 6.45) is -8.52. The molecule has 226 valence electrons. The third-order valence-electron chi connectivity index (χ3n) is 7.13. The minimum Gasteiger partial charge on any atom is -0.462 e. The van der Waals surface area contributed by atoms with Crippen LogP contribution in [0.4, 0.5) is 26.3 Å². The average molecular weight is 598 g/mol. The van der Waals surface area contributed by atoms with Gasteiger partial charge in [0.1, 0.15) is 12.6 Å². The maximum atomic E-state index is 13.2. The summed E-state index contributed by atoms with van der Waals surface area (Å²) in [5.41, 5.74) is -3.56. The number of carbonyl (C=O) groups is 1. The molecule has 3 aromatic rings. The highest BCUT2D eigenvalue weighted by Gasteiger charge is 2.71. The van der Waals surface area contributed by atoms with E-state index in [1.165, 1.54) is 0 Å². The second kappa shape index (κ2) is 12.8. The number of hydrogen-bond donors (Lipinski definition) is 2. The Morgan fingerprint density at radius 1 is 0.833 bits per heavy atom. The van der Waals surface area contributed by atoms with Crippen molar-refractivity contribution in [3.63, 3.8) is 0 Å². The van der Waals surface area contributed by atoms with Crippen LogP contribution in [0.3, 0.4) is 0 Å². The van der Waals surface area contributed by atoms with Crippen LogP contribution in [-0.2, 0) is 28.2 Å². The lowest BCUT2D eigenvalue weighted by atomic mass is 9.90. The van der Waals surface area contributed by atoms with Crippen molar-refractivity contribution >= 4 is 5.97 Å². The van der Waals surface area contributed by atoms with Crippen molar-refractivity contribution < 1.29 is 46.1 Å². The number of carbonyl (C=O) groups excluding carboxylic acids is 1. The Balaban J connectivity index is 1.47. The number of piperazine rings is 1. The number of esters is 1. The molecule has 1 aromatic heterocycles. The van der Waals surface area contributed by atoms with Crippen LogP contribution in [0.1, 0.15) is 16.7 Å². The zero-order valence-electron chi connectivity index (χ0n) is 22.3. The lowest BCUT2D eigenvalue weighted by Crippen LogP contribution is -2.56. The van der Waals surface area contributed by atoms with Gasteiger partial charge in [0.2, 0.25) is 0 Å². The SMILES string of the molecule is O=C(OCCO)C1CN(Cc2ccncc2)CCN1Cc1ccc(-c2ccc(C(O)(C(F)(F)F)C(F)(F)F)cc2)cc1. The largest absolute Gasteiger partial charge is 0.462 e. The first-order valence-electron chi connectivity index (χ1n) is 13.0. The van der Waals surface area contributed by atoms with Crippen molar-refractivity contribution in [1.29, 1.82) is 0 Å². The first-order valence-corrected chi connectivity index (χ1v) is 13.0. The topological polar surface area (TPSA) is 86.1 Å². The Morgan fingerprint density at radius 2 is 1.38 bits per heavy atom. The van der Waals surface area contributed by atoms with Crippen molar-refractivity contribution in [2.24, 2.45) is 0 Å². The van der Waals surface area contributed by atoms with Crippen LogP contribution < -0.4 is 0 Å². The van der Waals surface area contributed by atoms with E-state index >= 15 is 0 Å². The summed E-state index contributed by atoms with van der Waals surface area (Å²) in [6.45, 7) is 2.21. The molecule has 0 spiro atoms. The molecule has 2 aromatic carbocycles. The molecule has 0 saturated carbocycles. The molecule has 42 heavy (non-hydrogen) atoms. The van der Waals surface area contributed by atoms with Crippen LogP contribution in [0.5, 0.6) is 0 Å². The van der Waals surface area contributed by atoms with Crippen LogP contribution >= 0.6 is 0 Å². The van der Waals surface area contributed by atoms with Gasteiger partial charge in [-0.25, -0.2) is 0 Å². The molecule has 1 atom stereocenters. The Labute approximate surface area is 238 Å². The van der Waals surface area contributed by atoms with E-state index in [2.05, 4.69) is 9.88 Å². The van der Waals surface area contributed by atoms with Gasteiger partial charge in [-0.1, -0.05) is 48.5 Å². The van der Waals surface area contributed by atoms with Crippen molar-refractivity contribution in [3.05, 3.63) is 89.7 Å². The number of ether oxygens (including phenoxy) is 1. The molecule has 0 bridgehead atoms. The molecule has 1 unspecified atom stereocenters. The third-order valence-corrected chi connectivity index (χ3v) is 7.13. The van der Waals surface area contributed by atoms with E-state index in [-0.39, 0.29) is 13.2 Å². The van der Waals surface area contributed by atoms with E-state index in [4.69, 9.17) is 9.84 Å². The van der Waals surface area contributed by atoms with E-state index in [0.717, 1.165) is 23.3 Å². The summed E-state index contributed by atoms with van der Waals surface area (Å²) < 4.78 is 84.3. The molecule has 2 heterocycles. The number of nitrogens with zero attached hydrogens (tertiary/aromatic N) is 3. The zero-order valence-corrected chi connectivity index (χ0v) is 22.3. The average Bonchev–Trinajstić information content (AvgIpc) is 2.96. The molecule has 1 fully saturated rings. The molecule has 0 amide bonds. The fraction of sp³-hybridized carbons (Fsp3) is 0.379. The number of aliphatic hydroxyl groups is 2. The molecule has 1 saturated heterocycles. The predicted molar refractivity (Wildman–Crippen MR) is 140 cm³/mol. The Morgan fingerprint density at radius 3 is 1.93 bits per heavy atom. The second-order valence-electron chi connectivity index (χ2n) is 9.95. The van der Waals surface area contributed by atoms with Gasteiger partial charge < -0.3 is 14.9 Å². The maximum Gasteiger partial charge on any atom is 0.430 e. The number of halogens is 6. The first kappa shape index (κ1) is 31.4. The number of rotatable bonds is 9. The van der Waals surface area contributed by atoms with E-state index in [1.54, 1.807) is 36.7 Å². The molecule has 1 aliphatic rings. The van der Waals surface area contributed by atoms with Crippen LogP contribution in [-0.4, -0.2) is 82.2 Å². The Kier molecular flexibility index (Phi) is 9.56. The Hall–Kier alpha value is -3.52. The molecule has 7 nitrogen and oxygen atoms in total. The van der Waals surface area contributed by atoms with Gasteiger partial charge in [-0.2, -0.15) is 26.3 Å². The van der Waals surface area contributed by atoms with Gasteiger partial charge in [0.25, 0.3) is 5.60 Å². The second-order valence-corrected chi connectivity index (χ2v) is 9.95. The van der Waals surface area contributed by atoms with Gasteiger partial charge in [0.15, 0.2) is 0 Å². The first-order chi connectivity index (χ1) is 19.8. The highest BCUT2D eigenvalue weighted by molar-refractivity contribution is 5.76. The van der Waals surface area contributed by atoms with Gasteiger partial charge in [0.05, 0.1) is 6.61 Å². The molecule has 0 aliphatic carbocycles. The summed E-state index contributed by atoms with van der Waals surface area (Å²) in [5, 5.41) is 18.7. The lowest BCUT2D eigenvalue weighted by molar-refractivity contribution is -0.376. The van der Waals surface area contributed by atoms with Gasteiger partial charge in [-0.05, 0) is 34.4 Å². The predicted octanol–water partition coefficient (Wildman–Crippen LogP) is 4.28. The van der Waals surface area contributed by atoms with Crippen molar-refractivity contribution in [2.45, 2.75) is 37.1 Å². The maximum absolute atomic E-state index is 13.2. The normalized spacial score (nSPS) is 17.3. The van der Waals surface area contributed by atoms with Crippen LogP contribution in [0.25, 0.3) is 11.1 Å². The standard InChI is InChI=1S/C29H29F6N3O4/c30-28(31,32)27(41,29(33,34)35)24-7-5-23(6-8-24)22-3-1-20(2-4-22)18-38-14-13-37(17-21-9-11-36-12-10-21)19-25(38)26(40)42-16-15-39/h1-12,25,39,41H,13-19H2. The quantitative estimate of drug-likeness (QED) is 0.281. The molecular weight excluding hydrogens is 568 g/mol. The molecule has 13 heteroatoms. The van der Waals surface area contributed by atoms with Crippen molar-refractivity contribution in [2.75, 3.05) is 32.8 Å². The van der Waals surface area contributed by atoms with E-state index < -0.39 is 35.5 Å². The zero-order chi connectivity index (χ0) is 30.5. The van der Waals surface area contributed by atoms with Crippen molar-refractivity contribution in [3.8, 4) is 11.1 Å². The monoisotopic (exact) mass is 597 g/mol. The van der Waals surface area contributed by atoms with Crippen LogP contribution in [0.15, 0.2) is 73.1 Å². The fourth-order valence-corrected chi connectivity index (χ4v) is 4.85. The number of alkyl halides is 6.